The van der Waals surface area contributed by atoms with Crippen LogP contribution in [0.1, 0.15) is 75.9 Å². The first-order valence-corrected chi connectivity index (χ1v) is 10.7. The maximum Gasteiger partial charge on any atom is 0.223 e. The lowest BCUT2D eigenvalue weighted by atomic mass is 9.85. The topological polar surface area (TPSA) is 62.3 Å². The van der Waals surface area contributed by atoms with Gasteiger partial charge in [0, 0.05) is 36.7 Å². The lowest BCUT2D eigenvalue weighted by Gasteiger charge is -2.33. The normalized spacial score (nSPS) is 21.3. The molecule has 3 rings (SSSR count). The summed E-state index contributed by atoms with van der Waals surface area (Å²) in [5.74, 6) is 0.969. The zero-order valence-electron chi connectivity index (χ0n) is 16.2. The molecule has 0 aromatic carbocycles. The van der Waals surface area contributed by atoms with Gasteiger partial charge in [-0.05, 0) is 31.1 Å². The molecule has 6 heteroatoms. The lowest BCUT2D eigenvalue weighted by Crippen LogP contribution is -2.40. The second-order valence-electron chi connectivity index (χ2n) is 8.94. The molecule has 5 nitrogen and oxygen atoms in total. The van der Waals surface area contributed by atoms with Crippen molar-refractivity contribution >= 4 is 23.2 Å². The predicted octanol–water partition coefficient (Wildman–Crippen LogP) is 3.70. The molecule has 0 bridgehead atoms. The zero-order valence-corrected chi connectivity index (χ0v) is 17.0. The Morgan fingerprint density at radius 3 is 2.69 bits per heavy atom. The van der Waals surface area contributed by atoms with E-state index in [-0.39, 0.29) is 23.1 Å². The van der Waals surface area contributed by atoms with Gasteiger partial charge in [0.05, 0.1) is 17.2 Å². The van der Waals surface area contributed by atoms with Crippen LogP contribution < -0.4 is 5.32 Å². The Labute approximate surface area is 160 Å². The molecule has 0 radical (unpaired) electrons. The third kappa shape index (κ3) is 5.06. The van der Waals surface area contributed by atoms with Crippen molar-refractivity contribution in [2.45, 2.75) is 71.8 Å². The molecule has 1 atom stereocenters. The SMILES string of the molecule is CC(C)(C)CC(=O)N1CCC[C@H](c2nc(CNC(=O)C3CCC3)cs2)C1. The number of rotatable bonds is 5. The third-order valence-corrected chi connectivity index (χ3v) is 6.35. The van der Waals surface area contributed by atoms with Crippen LogP contribution in [0.15, 0.2) is 5.38 Å². The molecule has 1 aliphatic heterocycles. The molecule has 0 unspecified atom stereocenters. The minimum atomic E-state index is 0.0248. The van der Waals surface area contributed by atoms with Crippen LogP contribution in [0.25, 0.3) is 0 Å². The number of carbonyl (C=O) groups excluding carboxylic acids is 2. The summed E-state index contributed by atoms with van der Waals surface area (Å²) in [6.07, 6.45) is 5.93. The minimum Gasteiger partial charge on any atom is -0.350 e. The average Bonchev–Trinajstić information content (AvgIpc) is 2.99. The van der Waals surface area contributed by atoms with E-state index in [1.54, 1.807) is 11.3 Å². The predicted molar refractivity (Wildman–Crippen MR) is 104 cm³/mol. The van der Waals surface area contributed by atoms with E-state index < -0.39 is 0 Å². The molecule has 1 aromatic heterocycles. The molecule has 1 saturated carbocycles. The first-order valence-electron chi connectivity index (χ1n) is 9.81. The highest BCUT2D eigenvalue weighted by atomic mass is 32.1. The van der Waals surface area contributed by atoms with E-state index in [0.29, 0.717) is 18.9 Å². The molecule has 0 spiro atoms. The number of aromatic nitrogens is 1. The van der Waals surface area contributed by atoms with Crippen molar-refractivity contribution in [3.8, 4) is 0 Å². The van der Waals surface area contributed by atoms with Crippen molar-refractivity contribution in [2.24, 2.45) is 11.3 Å². The van der Waals surface area contributed by atoms with Crippen molar-refractivity contribution in [1.82, 2.24) is 15.2 Å². The van der Waals surface area contributed by atoms with Crippen LogP contribution in [0, 0.1) is 11.3 Å². The summed E-state index contributed by atoms with van der Waals surface area (Å²) in [6, 6.07) is 0. The second-order valence-corrected chi connectivity index (χ2v) is 9.83. The average molecular weight is 378 g/mol. The van der Waals surface area contributed by atoms with Crippen LogP contribution in [0.4, 0.5) is 0 Å². The third-order valence-electron chi connectivity index (χ3n) is 5.29. The monoisotopic (exact) mass is 377 g/mol. The Bertz CT molecular complexity index is 646. The van der Waals surface area contributed by atoms with Crippen LogP contribution in [0.2, 0.25) is 0 Å². The number of piperidine rings is 1. The highest BCUT2D eigenvalue weighted by Gasteiger charge is 2.29. The van der Waals surface area contributed by atoms with Gasteiger partial charge in [0.25, 0.3) is 0 Å². The number of amides is 2. The van der Waals surface area contributed by atoms with Crippen molar-refractivity contribution in [3.05, 3.63) is 16.1 Å². The van der Waals surface area contributed by atoms with Crippen LogP contribution >= 0.6 is 11.3 Å². The largest absolute Gasteiger partial charge is 0.350 e. The summed E-state index contributed by atoms with van der Waals surface area (Å²) in [7, 11) is 0. The highest BCUT2D eigenvalue weighted by molar-refractivity contribution is 7.09. The Kier molecular flexibility index (Phi) is 6.00. The molecule has 2 amide bonds. The fourth-order valence-electron chi connectivity index (χ4n) is 3.55. The quantitative estimate of drug-likeness (QED) is 0.851. The van der Waals surface area contributed by atoms with Gasteiger partial charge in [-0.2, -0.15) is 0 Å². The van der Waals surface area contributed by atoms with Crippen LogP contribution in [0.5, 0.6) is 0 Å². The summed E-state index contributed by atoms with van der Waals surface area (Å²) >= 11 is 1.66. The molecule has 144 valence electrons. The summed E-state index contributed by atoms with van der Waals surface area (Å²) in [4.78, 5) is 31.2. The fourth-order valence-corrected chi connectivity index (χ4v) is 4.50. The highest BCUT2D eigenvalue weighted by Crippen LogP contribution is 2.31. The maximum absolute atomic E-state index is 12.5. The number of likely N-dealkylation sites (tertiary alicyclic amines) is 1. The summed E-state index contributed by atoms with van der Waals surface area (Å²) in [6.45, 7) is 8.48. The van der Waals surface area contributed by atoms with Gasteiger partial charge in [-0.15, -0.1) is 11.3 Å². The molecule has 1 aliphatic carbocycles. The van der Waals surface area contributed by atoms with Gasteiger partial charge in [0.2, 0.25) is 11.8 Å². The molecule has 2 aliphatic rings. The van der Waals surface area contributed by atoms with E-state index in [2.05, 4.69) is 26.1 Å². The van der Waals surface area contributed by atoms with Gasteiger partial charge >= 0.3 is 0 Å². The van der Waals surface area contributed by atoms with E-state index in [1.165, 1.54) is 6.42 Å². The molecule has 1 N–H and O–H groups in total. The lowest BCUT2D eigenvalue weighted by molar-refractivity contribution is -0.134. The summed E-state index contributed by atoms with van der Waals surface area (Å²) < 4.78 is 0. The number of thiazole rings is 1. The molecular formula is C20H31N3O2S. The molecule has 1 saturated heterocycles. The fraction of sp³-hybridized carbons (Fsp3) is 0.750. The molecular weight excluding hydrogens is 346 g/mol. The van der Waals surface area contributed by atoms with Gasteiger partial charge in [-0.1, -0.05) is 27.2 Å². The van der Waals surface area contributed by atoms with E-state index in [4.69, 9.17) is 4.98 Å². The second kappa shape index (κ2) is 8.07. The number of hydrogen-bond acceptors (Lipinski definition) is 4. The Morgan fingerprint density at radius 2 is 2.04 bits per heavy atom. The Hall–Kier alpha value is -1.43. The maximum atomic E-state index is 12.5. The van der Waals surface area contributed by atoms with E-state index in [0.717, 1.165) is 49.5 Å². The smallest absolute Gasteiger partial charge is 0.223 e. The number of nitrogens with zero attached hydrogens (tertiary/aromatic N) is 2. The molecule has 2 fully saturated rings. The molecule has 2 heterocycles. The van der Waals surface area contributed by atoms with Crippen molar-refractivity contribution < 1.29 is 9.59 Å². The van der Waals surface area contributed by atoms with E-state index in [9.17, 15) is 9.59 Å². The molecule has 26 heavy (non-hydrogen) atoms. The van der Waals surface area contributed by atoms with Crippen molar-refractivity contribution in [1.29, 1.82) is 0 Å². The van der Waals surface area contributed by atoms with Crippen molar-refractivity contribution in [3.63, 3.8) is 0 Å². The number of hydrogen-bond donors (Lipinski definition) is 1. The van der Waals surface area contributed by atoms with Gasteiger partial charge in [-0.3, -0.25) is 9.59 Å². The first kappa shape index (κ1) is 19.3. The van der Waals surface area contributed by atoms with Gasteiger partial charge < -0.3 is 10.2 Å². The van der Waals surface area contributed by atoms with Crippen molar-refractivity contribution in [2.75, 3.05) is 13.1 Å². The number of nitrogens with one attached hydrogen (secondary N) is 1. The number of carbonyl (C=O) groups is 2. The standard InChI is InChI=1S/C20H31N3O2S/c1-20(2,3)10-17(24)23-9-5-8-15(12-23)19-22-16(13-26-19)11-21-18(25)14-6-4-7-14/h13-15H,4-12H2,1-3H3,(H,21,25)/t15-/m0/s1. The Balaban J connectivity index is 1.53. The van der Waals surface area contributed by atoms with E-state index in [1.807, 2.05) is 10.3 Å². The van der Waals surface area contributed by atoms with Crippen LogP contribution in [-0.4, -0.2) is 34.8 Å². The summed E-state index contributed by atoms with van der Waals surface area (Å²) in [5, 5.41) is 6.16. The van der Waals surface area contributed by atoms with E-state index >= 15 is 0 Å². The van der Waals surface area contributed by atoms with Crippen LogP contribution in [0.3, 0.4) is 0 Å². The zero-order chi connectivity index (χ0) is 18.7. The first-order chi connectivity index (χ1) is 12.3. The van der Waals surface area contributed by atoms with Crippen LogP contribution in [-0.2, 0) is 16.1 Å². The van der Waals surface area contributed by atoms with Gasteiger partial charge in [0.15, 0.2) is 0 Å². The van der Waals surface area contributed by atoms with Gasteiger partial charge in [-0.25, -0.2) is 4.98 Å². The minimum absolute atomic E-state index is 0.0248. The molecule has 1 aromatic rings. The van der Waals surface area contributed by atoms with Gasteiger partial charge in [0.1, 0.15) is 0 Å². The Morgan fingerprint density at radius 1 is 1.27 bits per heavy atom. The summed E-state index contributed by atoms with van der Waals surface area (Å²) in [5.41, 5.74) is 0.965.